The summed E-state index contributed by atoms with van der Waals surface area (Å²) in [5, 5.41) is 0.975. The predicted molar refractivity (Wildman–Crippen MR) is 138 cm³/mol. The van der Waals surface area contributed by atoms with Crippen molar-refractivity contribution in [3.63, 3.8) is 0 Å². The highest BCUT2D eigenvalue weighted by molar-refractivity contribution is 7.99. The van der Waals surface area contributed by atoms with Crippen molar-refractivity contribution in [2.45, 2.75) is 41.9 Å². The molecule has 2 aromatic carbocycles. The molecule has 8 nitrogen and oxygen atoms in total. The maximum Gasteiger partial charge on any atom is 0.333 e. The SMILES string of the molecule is C=C1CCC(=O)N1OC(=O)CCCC(=O)N1c2ccc(N(C)C)cc2Sc2cc(N(C)C)ccc21. The van der Waals surface area contributed by atoms with Crippen LogP contribution in [-0.2, 0) is 19.2 Å². The number of hydroxylamine groups is 2. The quantitative estimate of drug-likeness (QED) is 0.552. The molecule has 2 aliphatic heterocycles. The van der Waals surface area contributed by atoms with Crippen molar-refractivity contribution in [2.75, 3.05) is 42.9 Å². The normalized spacial score (nSPS) is 14.5. The van der Waals surface area contributed by atoms with Gasteiger partial charge in [0.2, 0.25) is 5.91 Å². The van der Waals surface area contributed by atoms with E-state index in [1.165, 1.54) is 0 Å². The summed E-state index contributed by atoms with van der Waals surface area (Å²) in [6.45, 7) is 3.74. The van der Waals surface area contributed by atoms with Gasteiger partial charge in [0.15, 0.2) is 0 Å². The molecule has 0 aliphatic carbocycles. The molecular weight excluding hydrogens is 464 g/mol. The number of nitrogens with zero attached hydrogens (tertiary/aromatic N) is 4. The maximum absolute atomic E-state index is 13.5. The molecule has 2 aliphatic rings. The number of anilines is 4. The van der Waals surface area contributed by atoms with Gasteiger partial charge in [-0.2, -0.15) is 0 Å². The van der Waals surface area contributed by atoms with Crippen molar-refractivity contribution in [1.82, 2.24) is 5.06 Å². The van der Waals surface area contributed by atoms with E-state index in [2.05, 4.69) is 18.7 Å². The highest BCUT2D eigenvalue weighted by atomic mass is 32.2. The average molecular weight is 495 g/mol. The second kappa shape index (κ2) is 10.0. The number of benzene rings is 2. The molecule has 35 heavy (non-hydrogen) atoms. The van der Waals surface area contributed by atoms with Gasteiger partial charge in [-0.15, -0.1) is 5.06 Å². The Morgan fingerprint density at radius 3 is 2.00 bits per heavy atom. The van der Waals surface area contributed by atoms with Gasteiger partial charge in [-0.25, -0.2) is 4.79 Å². The zero-order chi connectivity index (χ0) is 25.3. The van der Waals surface area contributed by atoms with E-state index >= 15 is 0 Å². The molecule has 1 fully saturated rings. The Morgan fingerprint density at radius 2 is 1.51 bits per heavy atom. The summed E-state index contributed by atoms with van der Waals surface area (Å²) in [7, 11) is 7.95. The van der Waals surface area contributed by atoms with Gasteiger partial charge in [0.1, 0.15) is 0 Å². The summed E-state index contributed by atoms with van der Waals surface area (Å²) in [4.78, 5) is 50.5. The molecule has 0 aromatic heterocycles. The van der Waals surface area contributed by atoms with Gasteiger partial charge in [-0.3, -0.25) is 14.5 Å². The third kappa shape index (κ3) is 5.14. The monoisotopic (exact) mass is 494 g/mol. The van der Waals surface area contributed by atoms with Crippen LogP contribution in [0.25, 0.3) is 0 Å². The van der Waals surface area contributed by atoms with Crippen molar-refractivity contribution in [1.29, 1.82) is 0 Å². The van der Waals surface area contributed by atoms with Crippen molar-refractivity contribution in [3.8, 4) is 0 Å². The van der Waals surface area contributed by atoms with Crippen LogP contribution in [0, 0.1) is 0 Å². The lowest BCUT2D eigenvalue weighted by Gasteiger charge is -2.32. The lowest BCUT2D eigenvalue weighted by atomic mass is 10.1. The Bertz CT molecular complexity index is 1120. The first-order chi connectivity index (χ1) is 16.7. The molecule has 0 unspecified atom stereocenters. The summed E-state index contributed by atoms with van der Waals surface area (Å²) in [5.74, 6) is -0.916. The van der Waals surface area contributed by atoms with Crippen LogP contribution in [0.3, 0.4) is 0 Å². The molecule has 0 N–H and O–H groups in total. The van der Waals surface area contributed by atoms with Crippen LogP contribution in [0.15, 0.2) is 58.5 Å². The zero-order valence-corrected chi connectivity index (χ0v) is 21.4. The number of hydrogen-bond donors (Lipinski definition) is 0. The molecule has 4 rings (SSSR count). The van der Waals surface area contributed by atoms with Crippen LogP contribution in [-0.4, -0.2) is 51.0 Å². The Balaban J connectivity index is 1.52. The van der Waals surface area contributed by atoms with Crippen LogP contribution < -0.4 is 14.7 Å². The number of amides is 2. The molecule has 1 saturated heterocycles. The fraction of sp³-hybridized carbons (Fsp3) is 0.346. The standard InChI is InChI=1S/C26H30N4O4S/c1-17-9-14-25(32)30(17)34-26(33)8-6-7-24(31)29-20-12-10-18(27(2)3)15-22(20)35-23-16-19(28(4)5)11-13-21(23)29/h10-13,15-16H,1,6-9,14H2,2-5H3. The average Bonchev–Trinajstić information content (AvgIpc) is 3.13. The topological polar surface area (TPSA) is 73.4 Å². The molecule has 0 saturated carbocycles. The van der Waals surface area contributed by atoms with Crippen molar-refractivity contribution in [3.05, 3.63) is 48.7 Å². The van der Waals surface area contributed by atoms with Gasteiger partial charge in [0.25, 0.3) is 5.91 Å². The van der Waals surface area contributed by atoms with Crippen LogP contribution in [0.4, 0.5) is 22.7 Å². The minimum absolute atomic E-state index is 0.0320. The van der Waals surface area contributed by atoms with Crippen molar-refractivity contribution in [2.24, 2.45) is 0 Å². The zero-order valence-electron chi connectivity index (χ0n) is 20.5. The van der Waals surface area contributed by atoms with Gasteiger partial charge in [-0.05, 0) is 49.2 Å². The number of carbonyl (C=O) groups is 3. The number of rotatable bonds is 7. The number of allylic oxidation sites excluding steroid dienone is 1. The van der Waals surface area contributed by atoms with E-state index in [0.29, 0.717) is 25.0 Å². The molecule has 184 valence electrons. The minimum Gasteiger partial charge on any atom is -0.378 e. The number of carbonyl (C=O) groups excluding carboxylic acids is 3. The van der Waals surface area contributed by atoms with E-state index < -0.39 is 5.97 Å². The summed E-state index contributed by atoms with van der Waals surface area (Å²) in [6, 6.07) is 12.1. The third-order valence-electron chi connectivity index (χ3n) is 5.98. The van der Waals surface area contributed by atoms with E-state index in [-0.39, 0.29) is 24.7 Å². The van der Waals surface area contributed by atoms with Gasteiger partial charge < -0.3 is 14.6 Å². The smallest absolute Gasteiger partial charge is 0.333 e. The largest absolute Gasteiger partial charge is 0.378 e. The predicted octanol–water partition coefficient (Wildman–Crippen LogP) is 4.71. The van der Waals surface area contributed by atoms with Gasteiger partial charge >= 0.3 is 5.97 Å². The molecule has 0 atom stereocenters. The van der Waals surface area contributed by atoms with Crippen molar-refractivity contribution < 1.29 is 19.2 Å². The van der Waals surface area contributed by atoms with Crippen LogP contribution in [0.2, 0.25) is 0 Å². The molecule has 0 spiro atoms. The summed E-state index contributed by atoms with van der Waals surface area (Å²) in [5.41, 5.74) is 4.25. The van der Waals surface area contributed by atoms with Crippen LogP contribution in [0.5, 0.6) is 0 Å². The van der Waals surface area contributed by atoms with E-state index in [4.69, 9.17) is 4.84 Å². The molecule has 0 radical (unpaired) electrons. The Kier molecular flexibility index (Phi) is 7.07. The highest BCUT2D eigenvalue weighted by Crippen LogP contribution is 2.50. The van der Waals surface area contributed by atoms with Crippen LogP contribution in [0.1, 0.15) is 32.1 Å². The fourth-order valence-corrected chi connectivity index (χ4v) is 5.13. The third-order valence-corrected chi connectivity index (χ3v) is 7.07. The summed E-state index contributed by atoms with van der Waals surface area (Å²) in [6.07, 6.45) is 1.29. The van der Waals surface area contributed by atoms with Gasteiger partial charge in [-0.1, -0.05) is 18.3 Å². The van der Waals surface area contributed by atoms with E-state index in [9.17, 15) is 14.4 Å². The highest BCUT2D eigenvalue weighted by Gasteiger charge is 2.30. The second-order valence-corrected chi connectivity index (χ2v) is 10.1. The van der Waals surface area contributed by atoms with E-state index in [1.54, 1.807) is 16.7 Å². The first-order valence-corrected chi connectivity index (χ1v) is 12.3. The Hall–Kier alpha value is -3.46. The number of hydrogen-bond acceptors (Lipinski definition) is 7. The second-order valence-electron chi connectivity index (χ2n) is 9.00. The molecule has 2 amide bonds. The number of fused-ring (bicyclic) bond motifs is 2. The van der Waals surface area contributed by atoms with Crippen LogP contribution >= 0.6 is 11.8 Å². The van der Waals surface area contributed by atoms with Gasteiger partial charge in [0.05, 0.1) is 17.1 Å². The first-order valence-electron chi connectivity index (χ1n) is 11.5. The summed E-state index contributed by atoms with van der Waals surface area (Å²) < 4.78 is 0. The molecular formula is C26H30N4O4S. The molecule has 0 bridgehead atoms. The van der Waals surface area contributed by atoms with Gasteiger partial charge in [0, 0.05) is 68.6 Å². The Morgan fingerprint density at radius 1 is 0.943 bits per heavy atom. The fourth-order valence-electron chi connectivity index (χ4n) is 4.00. The van der Waals surface area contributed by atoms with Crippen molar-refractivity contribution >= 4 is 52.3 Å². The summed E-state index contributed by atoms with van der Waals surface area (Å²) >= 11 is 1.65. The molecule has 9 heteroatoms. The Labute approximate surface area is 210 Å². The lowest BCUT2D eigenvalue weighted by Crippen LogP contribution is -2.29. The minimum atomic E-state index is -0.546. The molecule has 2 heterocycles. The maximum atomic E-state index is 13.5. The first kappa shape index (κ1) is 24.7. The molecule has 2 aromatic rings. The van der Waals surface area contributed by atoms with E-state index in [0.717, 1.165) is 37.6 Å². The van der Waals surface area contributed by atoms with E-state index in [1.807, 2.05) is 62.3 Å². The lowest BCUT2D eigenvalue weighted by molar-refractivity contribution is -0.186.